The summed E-state index contributed by atoms with van der Waals surface area (Å²) >= 11 is 7.19. The lowest BCUT2D eigenvalue weighted by atomic mass is 10.0. The van der Waals surface area contributed by atoms with Gasteiger partial charge in [-0.3, -0.25) is 4.79 Å². The van der Waals surface area contributed by atoms with Crippen LogP contribution in [0.3, 0.4) is 0 Å². The van der Waals surface area contributed by atoms with E-state index in [1.165, 1.54) is 24.9 Å². The van der Waals surface area contributed by atoms with Crippen LogP contribution in [0.15, 0.2) is 53.4 Å². The average molecular weight is 325 g/mol. The fraction of sp³-hybridized carbons (Fsp3) is 0.188. The van der Waals surface area contributed by atoms with E-state index in [1.807, 2.05) is 30.3 Å². The number of carbonyl (C=O) groups is 1. The number of ether oxygens (including phenoxy) is 1. The van der Waals surface area contributed by atoms with Crippen LogP contribution in [-0.4, -0.2) is 18.8 Å². The molecule has 0 aliphatic carbocycles. The zero-order valence-electron chi connectivity index (χ0n) is 11.4. The maximum atomic E-state index is 13.1. The Balaban J connectivity index is 2.12. The topological polar surface area (TPSA) is 26.3 Å². The number of benzene rings is 2. The summed E-state index contributed by atoms with van der Waals surface area (Å²) < 4.78 is 18.0. The van der Waals surface area contributed by atoms with Crippen LogP contribution in [0, 0.1) is 5.82 Å². The Kier molecular flexibility index (Phi) is 5.65. The molecule has 1 atom stereocenters. The van der Waals surface area contributed by atoms with E-state index < -0.39 is 5.82 Å². The van der Waals surface area contributed by atoms with Gasteiger partial charge in [0.2, 0.25) is 0 Å². The Bertz CT molecular complexity index is 619. The minimum absolute atomic E-state index is 0.0781. The van der Waals surface area contributed by atoms with Crippen LogP contribution in [0.4, 0.5) is 4.39 Å². The van der Waals surface area contributed by atoms with Gasteiger partial charge in [-0.1, -0.05) is 41.9 Å². The van der Waals surface area contributed by atoms with Gasteiger partial charge in [0, 0.05) is 10.6 Å². The Labute approximate surface area is 132 Å². The largest absolute Gasteiger partial charge is 0.469 e. The standard InChI is InChI=1S/C16H14ClFO2S/c1-20-16(19)13(11-5-3-2-4-6-11)10-21-12-7-8-15(18)14(17)9-12/h2-9,13H,10H2,1H3. The van der Waals surface area contributed by atoms with E-state index in [0.29, 0.717) is 5.75 Å². The monoisotopic (exact) mass is 324 g/mol. The maximum Gasteiger partial charge on any atom is 0.313 e. The number of carbonyl (C=O) groups excluding carboxylic acids is 1. The zero-order valence-corrected chi connectivity index (χ0v) is 13.0. The quantitative estimate of drug-likeness (QED) is 0.597. The van der Waals surface area contributed by atoms with Crippen LogP contribution >= 0.6 is 23.4 Å². The molecule has 21 heavy (non-hydrogen) atoms. The van der Waals surface area contributed by atoms with Crippen LogP contribution < -0.4 is 0 Å². The number of thioether (sulfide) groups is 1. The third kappa shape index (κ3) is 4.22. The highest BCUT2D eigenvalue weighted by Crippen LogP contribution is 2.29. The van der Waals surface area contributed by atoms with Gasteiger partial charge in [-0.15, -0.1) is 11.8 Å². The molecule has 0 spiro atoms. The van der Waals surface area contributed by atoms with Crippen molar-refractivity contribution in [3.05, 3.63) is 64.9 Å². The summed E-state index contributed by atoms with van der Waals surface area (Å²) in [5.41, 5.74) is 0.894. The highest BCUT2D eigenvalue weighted by Gasteiger charge is 2.21. The molecule has 0 fully saturated rings. The van der Waals surface area contributed by atoms with E-state index in [1.54, 1.807) is 12.1 Å². The van der Waals surface area contributed by atoms with Crippen LogP contribution in [0.5, 0.6) is 0 Å². The second-order valence-corrected chi connectivity index (χ2v) is 5.87. The summed E-state index contributed by atoms with van der Waals surface area (Å²) in [4.78, 5) is 12.7. The third-order valence-corrected chi connectivity index (χ3v) is 4.37. The van der Waals surface area contributed by atoms with Gasteiger partial charge in [0.15, 0.2) is 0 Å². The molecule has 0 aromatic heterocycles. The maximum absolute atomic E-state index is 13.1. The summed E-state index contributed by atoms with van der Waals surface area (Å²) in [5, 5.41) is 0.0781. The molecule has 0 bridgehead atoms. The highest BCUT2D eigenvalue weighted by atomic mass is 35.5. The number of esters is 1. The molecule has 2 aromatic carbocycles. The van der Waals surface area contributed by atoms with Crippen LogP contribution in [0.25, 0.3) is 0 Å². The molecule has 1 unspecified atom stereocenters. The predicted molar refractivity (Wildman–Crippen MR) is 83.3 cm³/mol. The van der Waals surface area contributed by atoms with Crippen LogP contribution in [-0.2, 0) is 9.53 Å². The molecule has 2 nitrogen and oxygen atoms in total. The summed E-state index contributed by atoms with van der Waals surface area (Å²) in [6, 6.07) is 14.0. The van der Waals surface area contributed by atoms with Crippen molar-refractivity contribution in [1.82, 2.24) is 0 Å². The van der Waals surface area contributed by atoms with Gasteiger partial charge in [0.25, 0.3) is 0 Å². The van der Waals surface area contributed by atoms with Gasteiger partial charge >= 0.3 is 5.97 Å². The van der Waals surface area contributed by atoms with Crippen molar-refractivity contribution in [3.63, 3.8) is 0 Å². The SMILES string of the molecule is COC(=O)C(CSc1ccc(F)c(Cl)c1)c1ccccc1. The van der Waals surface area contributed by atoms with E-state index in [4.69, 9.17) is 16.3 Å². The molecule has 2 rings (SSSR count). The van der Waals surface area contributed by atoms with Gasteiger partial charge in [-0.25, -0.2) is 4.39 Å². The number of hydrogen-bond donors (Lipinski definition) is 0. The van der Waals surface area contributed by atoms with E-state index in [2.05, 4.69) is 0 Å². The Morgan fingerprint density at radius 2 is 2.00 bits per heavy atom. The Hall–Kier alpha value is -1.52. The third-order valence-electron chi connectivity index (χ3n) is 3.00. The van der Waals surface area contributed by atoms with Crippen molar-refractivity contribution < 1.29 is 13.9 Å². The van der Waals surface area contributed by atoms with E-state index in [-0.39, 0.29) is 16.9 Å². The van der Waals surface area contributed by atoms with Gasteiger partial charge in [-0.05, 0) is 23.8 Å². The molecule has 0 heterocycles. The number of rotatable bonds is 5. The molecule has 0 saturated carbocycles. The van der Waals surface area contributed by atoms with Crippen molar-refractivity contribution in [2.45, 2.75) is 10.8 Å². The molecule has 110 valence electrons. The van der Waals surface area contributed by atoms with E-state index >= 15 is 0 Å². The summed E-state index contributed by atoms with van der Waals surface area (Å²) in [5.74, 6) is -0.612. The Morgan fingerprint density at radius 1 is 1.29 bits per heavy atom. The lowest BCUT2D eigenvalue weighted by molar-refractivity contribution is -0.141. The van der Waals surface area contributed by atoms with Crippen molar-refractivity contribution in [2.24, 2.45) is 0 Å². The number of hydrogen-bond acceptors (Lipinski definition) is 3. The molecule has 0 N–H and O–H groups in total. The predicted octanol–water partition coefficient (Wildman–Crippen LogP) is 4.53. The molecule has 0 aliphatic rings. The van der Waals surface area contributed by atoms with E-state index in [0.717, 1.165) is 10.5 Å². The minimum atomic E-state index is -0.450. The normalized spacial score (nSPS) is 12.0. The number of methoxy groups -OCH3 is 1. The molecular weight excluding hydrogens is 311 g/mol. The molecule has 0 saturated heterocycles. The highest BCUT2D eigenvalue weighted by molar-refractivity contribution is 7.99. The molecule has 0 amide bonds. The second-order valence-electron chi connectivity index (χ2n) is 4.37. The Morgan fingerprint density at radius 3 is 2.62 bits per heavy atom. The average Bonchev–Trinajstić information content (AvgIpc) is 2.51. The molecular formula is C16H14ClFO2S. The molecule has 2 aromatic rings. The number of halogens is 2. The van der Waals surface area contributed by atoms with Gasteiger partial charge < -0.3 is 4.74 Å². The first-order chi connectivity index (χ1) is 10.1. The second kappa shape index (κ2) is 7.48. The first kappa shape index (κ1) is 15.9. The first-order valence-corrected chi connectivity index (χ1v) is 7.69. The van der Waals surface area contributed by atoms with Gasteiger partial charge in [0.05, 0.1) is 18.1 Å². The van der Waals surface area contributed by atoms with E-state index in [9.17, 15) is 9.18 Å². The van der Waals surface area contributed by atoms with Gasteiger partial charge in [-0.2, -0.15) is 0 Å². The minimum Gasteiger partial charge on any atom is -0.469 e. The summed E-state index contributed by atoms with van der Waals surface area (Å²) in [7, 11) is 1.37. The van der Waals surface area contributed by atoms with Crippen LogP contribution in [0.1, 0.15) is 11.5 Å². The van der Waals surface area contributed by atoms with Crippen molar-refractivity contribution in [2.75, 3.05) is 12.9 Å². The fourth-order valence-corrected chi connectivity index (χ4v) is 3.17. The molecule has 5 heteroatoms. The summed E-state index contributed by atoms with van der Waals surface area (Å²) in [6.07, 6.45) is 0. The lowest BCUT2D eigenvalue weighted by Crippen LogP contribution is -2.16. The smallest absolute Gasteiger partial charge is 0.313 e. The zero-order chi connectivity index (χ0) is 15.2. The van der Waals surface area contributed by atoms with Gasteiger partial charge in [0.1, 0.15) is 5.82 Å². The van der Waals surface area contributed by atoms with Crippen molar-refractivity contribution in [3.8, 4) is 0 Å². The summed E-state index contributed by atoms with van der Waals surface area (Å²) in [6.45, 7) is 0. The lowest BCUT2D eigenvalue weighted by Gasteiger charge is -2.14. The van der Waals surface area contributed by atoms with Crippen molar-refractivity contribution in [1.29, 1.82) is 0 Å². The van der Waals surface area contributed by atoms with Crippen LogP contribution in [0.2, 0.25) is 5.02 Å². The fourth-order valence-electron chi connectivity index (χ4n) is 1.87. The first-order valence-electron chi connectivity index (χ1n) is 6.32. The van der Waals surface area contributed by atoms with Crippen molar-refractivity contribution >= 4 is 29.3 Å². The molecule has 0 aliphatic heterocycles. The molecule has 0 radical (unpaired) electrons.